The highest BCUT2D eigenvalue weighted by Gasteiger charge is 2.51. The molecule has 4 heterocycles. The molecule has 9 rings (SSSR count). The molecule has 1 saturated carbocycles. The van der Waals surface area contributed by atoms with Crippen molar-refractivity contribution in [2.75, 3.05) is 87.6 Å². The molecule has 4 atom stereocenters. The second-order valence-electron chi connectivity index (χ2n) is 23.3. The topological polar surface area (TPSA) is 310 Å². The van der Waals surface area contributed by atoms with Crippen LogP contribution in [0.3, 0.4) is 0 Å². The number of carbonyl (C=O) groups is 9. The molecule has 8 N–H and O–H groups in total. The van der Waals surface area contributed by atoms with Gasteiger partial charge in [0.05, 0.1) is 36.7 Å². The van der Waals surface area contributed by atoms with E-state index in [1.807, 2.05) is 24.3 Å². The number of nitrogens with zero attached hydrogens (tertiary/aromatic N) is 4. The van der Waals surface area contributed by atoms with Crippen molar-refractivity contribution in [3.8, 4) is 17.2 Å². The van der Waals surface area contributed by atoms with E-state index in [2.05, 4.69) is 26.6 Å². The maximum absolute atomic E-state index is 14.3. The van der Waals surface area contributed by atoms with E-state index in [0.29, 0.717) is 145 Å². The number of alkyl halides is 1. The standard InChI is InChI=1S/C65H81ClN10O14/c1-68-30-31-70-63(85)90-51-37-50-57(45-16-7-6-15-44(45)51)42(38-66)39-75(50)54(77)19-5-3-12-34-88-53-36-49-46(35-52(53)87-2)59(81)73-33-13-18-48(73)60(82)76(49)64(86)89-40-41-20-22-43(23-21-41)71-58(80)47(17-8-9-28-67)72-62(84)65(26-14-27-65)61(83)69-29-10-4-11-32-74-55(78)24-25-56(74)79/h6-7,15-16,20-25,35-37,42,47-48,60,68,82H,3-5,8-14,17-19,26-34,38-40,67H2,1-2H3,(H,69,83)(H,70,85)(H,71,80)(H,72,84)/t42-,47+,48?,60?/m1/s1. The number of likely N-dealkylation sites (N-methyl/N-ethyl adjacent to an activating group) is 1. The first-order valence-electron chi connectivity index (χ1n) is 31.2. The molecule has 25 heteroatoms. The Kier molecular flexibility index (Phi) is 22.7. The van der Waals surface area contributed by atoms with Crippen LogP contribution in [-0.2, 0) is 40.1 Å². The highest BCUT2D eigenvalue weighted by molar-refractivity contribution is 6.19. The number of aliphatic hydroxyl groups excluding tert-OH is 1. The largest absolute Gasteiger partial charge is 0.493 e. The number of fused-ring (bicyclic) bond motifs is 5. The predicted octanol–water partition coefficient (Wildman–Crippen LogP) is 6.48. The lowest BCUT2D eigenvalue weighted by atomic mass is 9.67. The molecule has 4 aromatic rings. The number of unbranched alkanes of at least 4 members (excludes halogenated alkanes) is 5. The van der Waals surface area contributed by atoms with Crippen LogP contribution in [0.2, 0.25) is 0 Å². The molecule has 4 aliphatic heterocycles. The summed E-state index contributed by atoms with van der Waals surface area (Å²) in [6.07, 6.45) is 6.91. The fourth-order valence-corrected chi connectivity index (χ4v) is 12.5. The third kappa shape index (κ3) is 15.1. The molecule has 0 radical (unpaired) electrons. The van der Waals surface area contributed by atoms with Crippen molar-refractivity contribution in [2.45, 2.75) is 127 Å². The summed E-state index contributed by atoms with van der Waals surface area (Å²) in [5, 5.41) is 27.8. The van der Waals surface area contributed by atoms with Crippen LogP contribution in [0, 0.1) is 5.41 Å². The van der Waals surface area contributed by atoms with Crippen LogP contribution in [0.5, 0.6) is 17.2 Å². The zero-order chi connectivity index (χ0) is 63.9. The molecule has 2 unspecified atom stereocenters. The van der Waals surface area contributed by atoms with Crippen molar-refractivity contribution in [2.24, 2.45) is 11.1 Å². The predicted molar refractivity (Wildman–Crippen MR) is 336 cm³/mol. The fourth-order valence-electron chi connectivity index (χ4n) is 12.2. The molecule has 0 aromatic heterocycles. The Morgan fingerprint density at radius 2 is 1.54 bits per heavy atom. The summed E-state index contributed by atoms with van der Waals surface area (Å²) >= 11 is 6.51. The van der Waals surface area contributed by atoms with Crippen molar-refractivity contribution in [1.29, 1.82) is 0 Å². The molecule has 0 spiro atoms. The third-order valence-electron chi connectivity index (χ3n) is 17.4. The average Bonchev–Trinajstić information content (AvgIpc) is 1.61. The Balaban J connectivity index is 0.790. The maximum Gasteiger partial charge on any atom is 0.416 e. The number of hydrogen-bond donors (Lipinski definition) is 7. The molecule has 482 valence electrons. The Hall–Kier alpha value is -8.32. The van der Waals surface area contributed by atoms with E-state index in [-0.39, 0.29) is 84.9 Å². The van der Waals surface area contributed by atoms with Crippen LogP contribution in [0.4, 0.5) is 26.7 Å². The van der Waals surface area contributed by atoms with Gasteiger partial charge >= 0.3 is 12.2 Å². The number of aliphatic hydroxyl groups is 1. The lowest BCUT2D eigenvalue weighted by molar-refractivity contribution is -0.151. The van der Waals surface area contributed by atoms with Gasteiger partial charge in [-0.1, -0.05) is 42.8 Å². The normalized spacial score (nSPS) is 18.3. The molecule has 1 aliphatic carbocycles. The van der Waals surface area contributed by atoms with Crippen molar-refractivity contribution in [1.82, 2.24) is 31.1 Å². The van der Waals surface area contributed by atoms with E-state index in [0.717, 1.165) is 21.2 Å². The van der Waals surface area contributed by atoms with Crippen LogP contribution in [-0.4, -0.2) is 159 Å². The van der Waals surface area contributed by atoms with Crippen molar-refractivity contribution in [3.63, 3.8) is 0 Å². The summed E-state index contributed by atoms with van der Waals surface area (Å²) in [4.78, 5) is 126. The molecule has 2 fully saturated rings. The Morgan fingerprint density at radius 3 is 2.26 bits per heavy atom. The van der Waals surface area contributed by atoms with Gasteiger partial charge in [-0.25, -0.2) is 14.5 Å². The molecule has 1 saturated heterocycles. The third-order valence-corrected chi connectivity index (χ3v) is 17.7. The van der Waals surface area contributed by atoms with Gasteiger partial charge in [0.2, 0.25) is 23.6 Å². The number of methoxy groups -OCH3 is 1. The van der Waals surface area contributed by atoms with Gasteiger partial charge in [0.15, 0.2) is 17.7 Å². The van der Waals surface area contributed by atoms with E-state index in [9.17, 15) is 48.3 Å². The van der Waals surface area contributed by atoms with Crippen molar-refractivity contribution in [3.05, 3.63) is 95.6 Å². The molecule has 24 nitrogen and oxygen atoms in total. The lowest BCUT2D eigenvalue weighted by Gasteiger charge is -2.39. The van der Waals surface area contributed by atoms with Gasteiger partial charge in [0, 0.05) is 92.8 Å². The van der Waals surface area contributed by atoms with Gasteiger partial charge in [-0.05, 0) is 132 Å². The average molecular weight is 1260 g/mol. The summed E-state index contributed by atoms with van der Waals surface area (Å²) in [6, 6.07) is 17.1. The first kappa shape index (κ1) is 66.1. The Morgan fingerprint density at radius 1 is 0.800 bits per heavy atom. The first-order valence-corrected chi connectivity index (χ1v) is 31.7. The van der Waals surface area contributed by atoms with Gasteiger partial charge < -0.3 is 66.2 Å². The number of amides is 9. The number of nitrogens with one attached hydrogen (secondary N) is 5. The summed E-state index contributed by atoms with van der Waals surface area (Å²) < 4.78 is 23.6. The van der Waals surface area contributed by atoms with E-state index in [1.165, 1.54) is 36.3 Å². The quantitative estimate of drug-likeness (QED) is 0.0127. The van der Waals surface area contributed by atoms with Crippen LogP contribution in [0.1, 0.15) is 124 Å². The summed E-state index contributed by atoms with van der Waals surface area (Å²) in [5.74, 6) is -1.68. The second kappa shape index (κ2) is 30.9. The molecule has 90 heavy (non-hydrogen) atoms. The number of halogens is 1. The van der Waals surface area contributed by atoms with Crippen LogP contribution >= 0.6 is 11.6 Å². The molecule has 9 amide bonds. The minimum atomic E-state index is -1.48. The fraction of sp³-hybridized carbons (Fsp3) is 0.492. The highest BCUT2D eigenvalue weighted by Crippen LogP contribution is 2.47. The SMILES string of the molecule is CNCCNC(=O)Oc1cc2c(c3ccccc13)[C@H](CCl)CN2C(=O)CCCCCOc1cc2c(cc1OC)C(=O)N1CCCC1C(O)N2C(=O)OCc1ccc(NC(=O)[C@H](CCCCN)NC(=O)C2(C(=O)NCCCCCN3C(=O)C=CC3=O)CCC2)cc1. The summed E-state index contributed by atoms with van der Waals surface area (Å²) in [7, 11) is 3.22. The zero-order valence-corrected chi connectivity index (χ0v) is 51.7. The zero-order valence-electron chi connectivity index (χ0n) is 51.0. The van der Waals surface area contributed by atoms with Crippen LogP contribution in [0.15, 0.2) is 78.9 Å². The number of hydrogen-bond acceptors (Lipinski definition) is 16. The molecular weight excluding hydrogens is 1180 g/mol. The Bertz CT molecular complexity index is 3320. The number of benzene rings is 4. The van der Waals surface area contributed by atoms with Gasteiger partial charge in [-0.15, -0.1) is 11.6 Å². The van der Waals surface area contributed by atoms with Gasteiger partial charge in [0.1, 0.15) is 23.8 Å². The van der Waals surface area contributed by atoms with Gasteiger partial charge in [-0.3, -0.25) is 38.5 Å². The maximum atomic E-state index is 14.3. The number of carbonyl (C=O) groups excluding carboxylic acids is 9. The van der Waals surface area contributed by atoms with E-state index >= 15 is 0 Å². The highest BCUT2D eigenvalue weighted by atomic mass is 35.5. The summed E-state index contributed by atoms with van der Waals surface area (Å²) in [5.41, 5.74) is 7.13. The first-order chi connectivity index (χ1) is 43.6. The van der Waals surface area contributed by atoms with E-state index < -0.39 is 59.5 Å². The number of nitrogens with two attached hydrogens (primary N) is 1. The number of rotatable bonds is 30. The summed E-state index contributed by atoms with van der Waals surface area (Å²) in [6.45, 7) is 2.58. The van der Waals surface area contributed by atoms with Gasteiger partial charge in [-0.2, -0.15) is 0 Å². The van der Waals surface area contributed by atoms with Crippen molar-refractivity contribution >= 4 is 93.0 Å². The van der Waals surface area contributed by atoms with Crippen LogP contribution in [0.25, 0.3) is 10.8 Å². The minimum absolute atomic E-state index is 0.0676. The number of imide groups is 1. The number of ether oxygens (including phenoxy) is 4. The van der Waals surface area contributed by atoms with Crippen molar-refractivity contribution < 1.29 is 67.2 Å². The molecule has 5 aliphatic rings. The number of anilines is 3. The van der Waals surface area contributed by atoms with E-state index in [4.69, 9.17) is 36.3 Å². The molecular formula is C65H81ClN10O14. The minimum Gasteiger partial charge on any atom is -0.493 e. The Labute approximate surface area is 527 Å². The second-order valence-corrected chi connectivity index (χ2v) is 23.6. The monoisotopic (exact) mass is 1260 g/mol. The van der Waals surface area contributed by atoms with E-state index in [1.54, 1.807) is 47.2 Å². The molecule has 4 aromatic carbocycles. The smallest absolute Gasteiger partial charge is 0.416 e. The van der Waals surface area contributed by atoms with Crippen LogP contribution < -0.4 is 56.3 Å². The van der Waals surface area contributed by atoms with Gasteiger partial charge in [0.25, 0.3) is 17.7 Å². The lowest BCUT2D eigenvalue weighted by Crippen LogP contribution is -2.58. The molecule has 0 bridgehead atoms.